The number of para-hydroxylation sites is 1. The van der Waals surface area contributed by atoms with Crippen molar-refractivity contribution >= 4 is 39.8 Å². The monoisotopic (exact) mass is 601 g/mol. The number of benzene rings is 6. The smallest absolute Gasteiger partial charge is 0.0443 e. The van der Waals surface area contributed by atoms with E-state index in [2.05, 4.69) is 137 Å². The molecule has 0 atom stereocenters. The molecule has 0 aromatic heterocycles. The van der Waals surface area contributed by atoms with E-state index in [1.54, 1.807) is 0 Å². The average Bonchev–Trinajstić information content (AvgIpc) is 3.10. The van der Waals surface area contributed by atoms with Crippen LogP contribution in [0.15, 0.2) is 140 Å². The summed E-state index contributed by atoms with van der Waals surface area (Å²) in [7, 11) is 0. The number of nitrogen functional groups attached to an aromatic ring is 1. The molecule has 6 aromatic carbocycles. The Morgan fingerprint density at radius 1 is 0.565 bits per heavy atom. The van der Waals surface area contributed by atoms with E-state index in [0.29, 0.717) is 5.92 Å². The summed E-state index contributed by atoms with van der Waals surface area (Å²) < 4.78 is 0. The molecule has 0 unspecified atom stereocenters. The Balaban J connectivity index is 0.000000187. The summed E-state index contributed by atoms with van der Waals surface area (Å²) in [5.74, 6) is 0.359. The van der Waals surface area contributed by atoms with Gasteiger partial charge in [0.25, 0.3) is 0 Å². The van der Waals surface area contributed by atoms with Gasteiger partial charge in [-0.25, -0.2) is 0 Å². The minimum atomic E-state index is 0.359. The summed E-state index contributed by atoms with van der Waals surface area (Å²) in [6.07, 6.45) is 0.922. The molecule has 0 saturated heterocycles. The van der Waals surface area contributed by atoms with Crippen molar-refractivity contribution in [2.45, 2.75) is 32.4 Å². The third-order valence-electron chi connectivity index (χ3n) is 8.85. The van der Waals surface area contributed by atoms with Gasteiger partial charge in [-0.05, 0) is 70.3 Å². The minimum absolute atomic E-state index is 0.359. The second-order valence-electron chi connectivity index (χ2n) is 12.0. The Morgan fingerprint density at radius 2 is 1.09 bits per heavy atom. The lowest BCUT2D eigenvalue weighted by molar-refractivity contribution is 0.911. The molecule has 5 heteroatoms. The van der Waals surface area contributed by atoms with Gasteiger partial charge in [0.2, 0.25) is 0 Å². The molecular weight excluding hydrogens is 562 g/mol. The fraction of sp³-hybridized carbons (Fsp3) is 0.122. The first kappa shape index (κ1) is 29.1. The van der Waals surface area contributed by atoms with Gasteiger partial charge in [0.1, 0.15) is 0 Å². The standard InChI is InChI=1S/C28H27N3.C13H12N2/c1-20-25-14-12-23(29-18-21-8-4-2-5-9-21)16-27(25)31-28-17-24(13-15-26(20)28)30-19-22-10-6-3-7-11-22;14-11-5-3-7-13-10(11)8-9-4-1-2-6-12(9)15-13/h2-17,20,29-31H,18-19H2,1H3;1-7,15H,8,14H2. The number of fused-ring (bicyclic) bond motifs is 4. The Morgan fingerprint density at radius 3 is 1.70 bits per heavy atom. The highest BCUT2D eigenvalue weighted by Gasteiger charge is 2.22. The topological polar surface area (TPSA) is 74.1 Å². The molecular formula is C41H39N5. The van der Waals surface area contributed by atoms with E-state index >= 15 is 0 Å². The molecule has 8 rings (SSSR count). The van der Waals surface area contributed by atoms with Gasteiger partial charge in [0, 0.05) is 70.8 Å². The molecule has 0 fully saturated rings. The number of hydrogen-bond acceptors (Lipinski definition) is 5. The molecule has 0 bridgehead atoms. The molecule has 0 radical (unpaired) electrons. The molecule has 6 N–H and O–H groups in total. The van der Waals surface area contributed by atoms with E-state index in [-0.39, 0.29) is 0 Å². The van der Waals surface area contributed by atoms with Gasteiger partial charge >= 0.3 is 0 Å². The van der Waals surface area contributed by atoms with Crippen LogP contribution in [0, 0.1) is 0 Å². The van der Waals surface area contributed by atoms with Gasteiger partial charge in [-0.3, -0.25) is 0 Å². The summed E-state index contributed by atoms with van der Waals surface area (Å²) in [5, 5.41) is 14.2. The van der Waals surface area contributed by atoms with Gasteiger partial charge in [0.05, 0.1) is 0 Å². The number of anilines is 7. The van der Waals surface area contributed by atoms with E-state index in [1.807, 2.05) is 30.3 Å². The van der Waals surface area contributed by atoms with E-state index in [9.17, 15) is 0 Å². The molecule has 0 saturated carbocycles. The molecule has 2 aliphatic rings. The van der Waals surface area contributed by atoms with E-state index < -0.39 is 0 Å². The highest BCUT2D eigenvalue weighted by Crippen LogP contribution is 2.43. The SMILES string of the molecule is CC1c2ccc(NCc3ccccc3)cc2Nc2cc(NCc3ccccc3)ccc21.Nc1cccc2c1Cc1ccccc1N2. The lowest BCUT2D eigenvalue weighted by Gasteiger charge is -2.28. The van der Waals surface area contributed by atoms with Gasteiger partial charge in [-0.2, -0.15) is 0 Å². The normalized spacial score (nSPS) is 12.5. The van der Waals surface area contributed by atoms with Crippen molar-refractivity contribution < 1.29 is 0 Å². The van der Waals surface area contributed by atoms with Crippen LogP contribution in [0.3, 0.4) is 0 Å². The Labute approximate surface area is 271 Å². The highest BCUT2D eigenvalue weighted by atomic mass is 14.9. The number of nitrogens with two attached hydrogens (primary N) is 1. The maximum Gasteiger partial charge on any atom is 0.0443 e. The van der Waals surface area contributed by atoms with E-state index in [4.69, 9.17) is 5.73 Å². The highest BCUT2D eigenvalue weighted by molar-refractivity contribution is 5.79. The number of nitrogens with one attached hydrogen (secondary N) is 4. The van der Waals surface area contributed by atoms with E-state index in [1.165, 1.54) is 50.4 Å². The maximum atomic E-state index is 5.96. The Bertz CT molecular complexity index is 1860. The van der Waals surface area contributed by atoms with Crippen LogP contribution in [0.1, 0.15) is 46.2 Å². The van der Waals surface area contributed by atoms with Crippen LogP contribution in [0.4, 0.5) is 39.8 Å². The van der Waals surface area contributed by atoms with Gasteiger partial charge < -0.3 is 27.0 Å². The fourth-order valence-electron chi connectivity index (χ4n) is 6.27. The zero-order valence-corrected chi connectivity index (χ0v) is 26.1. The predicted molar refractivity (Wildman–Crippen MR) is 195 cm³/mol. The zero-order chi connectivity index (χ0) is 31.3. The van der Waals surface area contributed by atoms with Crippen molar-refractivity contribution in [3.05, 3.63) is 173 Å². The fourth-order valence-corrected chi connectivity index (χ4v) is 6.27. The summed E-state index contributed by atoms with van der Waals surface area (Å²) in [5.41, 5.74) is 21.5. The van der Waals surface area contributed by atoms with Crippen molar-refractivity contribution in [1.29, 1.82) is 0 Å². The van der Waals surface area contributed by atoms with Crippen molar-refractivity contribution in [3.8, 4) is 0 Å². The largest absolute Gasteiger partial charge is 0.398 e. The predicted octanol–water partition coefficient (Wildman–Crippen LogP) is 10.0. The molecule has 0 aliphatic carbocycles. The molecule has 2 heterocycles. The van der Waals surface area contributed by atoms with Crippen molar-refractivity contribution in [2.75, 3.05) is 27.0 Å². The van der Waals surface area contributed by atoms with Crippen LogP contribution in [0.25, 0.3) is 0 Å². The Hall–Kier alpha value is -5.68. The zero-order valence-electron chi connectivity index (χ0n) is 26.1. The van der Waals surface area contributed by atoms with Crippen LogP contribution in [-0.2, 0) is 19.5 Å². The summed E-state index contributed by atoms with van der Waals surface area (Å²) in [4.78, 5) is 0. The van der Waals surface area contributed by atoms with Crippen LogP contribution < -0.4 is 27.0 Å². The Kier molecular flexibility index (Phi) is 8.29. The molecule has 0 spiro atoms. The van der Waals surface area contributed by atoms with Crippen LogP contribution >= 0.6 is 0 Å². The first-order valence-corrected chi connectivity index (χ1v) is 15.9. The van der Waals surface area contributed by atoms with Gasteiger partial charge in [-0.15, -0.1) is 0 Å². The second kappa shape index (κ2) is 13.1. The lowest BCUT2D eigenvalue weighted by atomic mass is 9.87. The maximum absolute atomic E-state index is 5.96. The average molecular weight is 602 g/mol. The van der Waals surface area contributed by atoms with Crippen molar-refractivity contribution in [1.82, 2.24) is 0 Å². The molecule has 0 amide bonds. The molecule has 6 aromatic rings. The van der Waals surface area contributed by atoms with Crippen molar-refractivity contribution in [2.24, 2.45) is 0 Å². The molecule has 5 nitrogen and oxygen atoms in total. The molecule has 228 valence electrons. The number of hydrogen-bond donors (Lipinski definition) is 5. The number of rotatable bonds is 6. The first-order valence-electron chi connectivity index (χ1n) is 15.9. The van der Waals surface area contributed by atoms with Gasteiger partial charge in [-0.1, -0.05) is 104 Å². The van der Waals surface area contributed by atoms with Gasteiger partial charge in [0.15, 0.2) is 0 Å². The molecule has 2 aliphatic heterocycles. The first-order chi connectivity index (χ1) is 22.6. The summed E-state index contributed by atoms with van der Waals surface area (Å²) >= 11 is 0. The van der Waals surface area contributed by atoms with Crippen molar-refractivity contribution in [3.63, 3.8) is 0 Å². The lowest BCUT2D eigenvalue weighted by Crippen LogP contribution is -2.12. The van der Waals surface area contributed by atoms with Crippen LogP contribution in [-0.4, -0.2) is 0 Å². The summed E-state index contributed by atoms with van der Waals surface area (Å²) in [6.45, 7) is 3.92. The van der Waals surface area contributed by atoms with Crippen LogP contribution in [0.5, 0.6) is 0 Å². The molecule has 46 heavy (non-hydrogen) atoms. The minimum Gasteiger partial charge on any atom is -0.398 e. The van der Waals surface area contributed by atoms with Crippen LogP contribution in [0.2, 0.25) is 0 Å². The third-order valence-corrected chi connectivity index (χ3v) is 8.85. The van der Waals surface area contributed by atoms with E-state index in [0.717, 1.165) is 42.3 Å². The summed E-state index contributed by atoms with van der Waals surface area (Å²) in [6, 6.07) is 48.6. The second-order valence-corrected chi connectivity index (χ2v) is 12.0. The third kappa shape index (κ3) is 6.40. The quantitative estimate of drug-likeness (QED) is 0.123.